The molecule has 0 aliphatic carbocycles. The lowest BCUT2D eigenvalue weighted by molar-refractivity contribution is 0.256. The van der Waals surface area contributed by atoms with Crippen LogP contribution in [0.25, 0.3) is 11.3 Å². The molecule has 0 radical (unpaired) electrons. The Morgan fingerprint density at radius 1 is 1.22 bits per heavy atom. The van der Waals surface area contributed by atoms with Crippen LogP contribution in [0.4, 0.5) is 10.7 Å². The SMILES string of the molecule is COc1cc(C)nc(NC(=O)NS(=O)(=O)c2ccccc2-c2csnn2)n1. The van der Waals surface area contributed by atoms with Crippen LogP contribution < -0.4 is 14.8 Å². The number of methoxy groups -OCH3 is 1. The number of carbonyl (C=O) groups excluding carboxylic acids is 1. The second-order valence-corrected chi connectivity index (χ2v) is 7.48. The highest BCUT2D eigenvalue weighted by Gasteiger charge is 2.23. The molecule has 0 saturated carbocycles. The average molecular weight is 406 g/mol. The Morgan fingerprint density at radius 3 is 2.70 bits per heavy atom. The Balaban J connectivity index is 1.83. The lowest BCUT2D eigenvalue weighted by Crippen LogP contribution is -2.35. The number of amides is 2. The molecular weight excluding hydrogens is 392 g/mol. The van der Waals surface area contributed by atoms with Crippen molar-refractivity contribution in [2.45, 2.75) is 11.8 Å². The van der Waals surface area contributed by atoms with Gasteiger partial charge in [0.1, 0.15) is 5.69 Å². The molecule has 0 unspecified atom stereocenters. The third-order valence-corrected chi connectivity index (χ3v) is 5.20. The summed E-state index contributed by atoms with van der Waals surface area (Å²) in [4.78, 5) is 20.0. The van der Waals surface area contributed by atoms with Gasteiger partial charge in [-0.25, -0.2) is 22.9 Å². The molecule has 12 heteroatoms. The molecule has 2 heterocycles. The summed E-state index contributed by atoms with van der Waals surface area (Å²) in [5.74, 6) is 0.151. The van der Waals surface area contributed by atoms with E-state index in [1.165, 1.54) is 13.2 Å². The van der Waals surface area contributed by atoms with Crippen LogP contribution >= 0.6 is 11.5 Å². The normalized spacial score (nSPS) is 11.0. The van der Waals surface area contributed by atoms with Gasteiger partial charge in [-0.05, 0) is 24.5 Å². The molecule has 0 spiro atoms. The fraction of sp³-hybridized carbons (Fsp3) is 0.133. The molecular formula is C15H14N6O4S2. The number of nitrogens with zero attached hydrogens (tertiary/aromatic N) is 4. The Labute approximate surface area is 158 Å². The molecule has 10 nitrogen and oxygen atoms in total. The average Bonchev–Trinajstić information content (AvgIpc) is 3.15. The first-order valence-corrected chi connectivity index (χ1v) is 9.81. The summed E-state index contributed by atoms with van der Waals surface area (Å²) >= 11 is 1.09. The number of rotatable bonds is 5. The largest absolute Gasteiger partial charge is 0.481 e. The highest BCUT2D eigenvalue weighted by Crippen LogP contribution is 2.26. The summed E-state index contributed by atoms with van der Waals surface area (Å²) in [5, 5.41) is 7.77. The fourth-order valence-electron chi connectivity index (χ4n) is 2.20. The zero-order valence-corrected chi connectivity index (χ0v) is 15.8. The molecule has 3 rings (SSSR count). The molecule has 0 bridgehead atoms. The predicted octanol–water partition coefficient (Wildman–Crippen LogP) is 1.82. The standard InChI is InChI=1S/C15H14N6O4S2/c1-9-7-13(25-2)17-14(16-9)18-15(22)20-27(23,24)12-6-4-3-5-10(12)11-8-26-21-19-11/h3-8H,1-2H3,(H2,16,17,18,20,22). The van der Waals surface area contributed by atoms with Crippen LogP contribution in [0.1, 0.15) is 5.69 Å². The number of benzene rings is 1. The van der Waals surface area contributed by atoms with E-state index in [0.29, 0.717) is 17.0 Å². The van der Waals surface area contributed by atoms with E-state index in [9.17, 15) is 13.2 Å². The van der Waals surface area contributed by atoms with E-state index in [4.69, 9.17) is 4.74 Å². The summed E-state index contributed by atoms with van der Waals surface area (Å²) in [6, 6.07) is 6.73. The first kappa shape index (κ1) is 18.7. The van der Waals surface area contributed by atoms with Crippen molar-refractivity contribution in [3.05, 3.63) is 41.4 Å². The zero-order chi connectivity index (χ0) is 19.4. The van der Waals surface area contributed by atoms with E-state index >= 15 is 0 Å². The van der Waals surface area contributed by atoms with Gasteiger partial charge < -0.3 is 4.74 Å². The third kappa shape index (κ3) is 4.35. The maximum absolute atomic E-state index is 12.7. The smallest absolute Gasteiger partial charge is 0.335 e. The van der Waals surface area contributed by atoms with Gasteiger partial charge in [0.25, 0.3) is 10.0 Å². The fourth-order valence-corrected chi connectivity index (χ4v) is 3.78. The van der Waals surface area contributed by atoms with Crippen molar-refractivity contribution >= 4 is 33.5 Å². The van der Waals surface area contributed by atoms with Crippen LogP contribution in [0, 0.1) is 6.92 Å². The van der Waals surface area contributed by atoms with Crippen molar-refractivity contribution in [3.63, 3.8) is 0 Å². The number of nitrogens with one attached hydrogen (secondary N) is 2. The molecule has 2 N–H and O–H groups in total. The van der Waals surface area contributed by atoms with E-state index in [1.54, 1.807) is 36.6 Å². The monoisotopic (exact) mass is 406 g/mol. The number of aryl methyl sites for hydroxylation is 1. The van der Waals surface area contributed by atoms with Crippen LogP contribution in [0.5, 0.6) is 5.88 Å². The van der Waals surface area contributed by atoms with E-state index < -0.39 is 16.1 Å². The van der Waals surface area contributed by atoms with E-state index in [0.717, 1.165) is 11.5 Å². The molecule has 0 aliphatic heterocycles. The quantitative estimate of drug-likeness (QED) is 0.655. The van der Waals surface area contributed by atoms with Gasteiger partial charge in [-0.1, -0.05) is 22.7 Å². The van der Waals surface area contributed by atoms with Gasteiger partial charge in [-0.3, -0.25) is 5.32 Å². The molecule has 2 amide bonds. The first-order chi connectivity index (χ1) is 12.9. The lowest BCUT2D eigenvalue weighted by Gasteiger charge is -2.11. The molecule has 1 aromatic carbocycles. The van der Waals surface area contributed by atoms with Crippen molar-refractivity contribution in [2.75, 3.05) is 12.4 Å². The summed E-state index contributed by atoms with van der Waals surface area (Å²) in [6.45, 7) is 1.68. The minimum atomic E-state index is -4.17. The summed E-state index contributed by atoms with van der Waals surface area (Å²) in [5.41, 5.74) is 1.27. The van der Waals surface area contributed by atoms with Gasteiger partial charge in [-0.2, -0.15) is 4.98 Å². The number of carbonyl (C=O) groups is 1. The Hall–Kier alpha value is -3.12. The minimum Gasteiger partial charge on any atom is -0.481 e. The van der Waals surface area contributed by atoms with Gasteiger partial charge >= 0.3 is 6.03 Å². The van der Waals surface area contributed by atoms with Crippen molar-refractivity contribution < 1.29 is 17.9 Å². The molecule has 0 fully saturated rings. The molecule has 3 aromatic rings. The van der Waals surface area contributed by atoms with Crippen molar-refractivity contribution in [1.82, 2.24) is 24.3 Å². The van der Waals surface area contributed by atoms with Gasteiger partial charge in [0.15, 0.2) is 0 Å². The molecule has 0 atom stereocenters. The summed E-state index contributed by atoms with van der Waals surface area (Å²) < 4.78 is 36.0. The highest BCUT2D eigenvalue weighted by atomic mass is 32.2. The van der Waals surface area contributed by atoms with Crippen LogP contribution in [0.2, 0.25) is 0 Å². The summed E-state index contributed by atoms with van der Waals surface area (Å²) in [6.07, 6.45) is 0. The Kier molecular flexibility index (Phi) is 5.28. The number of aromatic nitrogens is 4. The van der Waals surface area contributed by atoms with Gasteiger partial charge in [0.2, 0.25) is 11.8 Å². The molecule has 2 aromatic heterocycles. The van der Waals surface area contributed by atoms with Crippen LogP contribution in [0.15, 0.2) is 40.6 Å². The van der Waals surface area contributed by atoms with Gasteiger partial charge in [0, 0.05) is 22.7 Å². The molecule has 27 heavy (non-hydrogen) atoms. The number of urea groups is 1. The maximum atomic E-state index is 12.7. The second-order valence-electron chi connectivity index (χ2n) is 5.22. The van der Waals surface area contributed by atoms with Gasteiger partial charge in [-0.15, -0.1) is 5.10 Å². The van der Waals surface area contributed by atoms with Crippen molar-refractivity contribution in [2.24, 2.45) is 0 Å². The minimum absolute atomic E-state index is 0.0865. The molecule has 0 aliphatic rings. The number of ether oxygens (including phenoxy) is 1. The molecule has 140 valence electrons. The lowest BCUT2D eigenvalue weighted by atomic mass is 10.2. The van der Waals surface area contributed by atoms with E-state index in [1.807, 2.05) is 4.72 Å². The predicted molar refractivity (Wildman–Crippen MR) is 98.0 cm³/mol. The number of hydrogen-bond donors (Lipinski definition) is 2. The van der Waals surface area contributed by atoms with Crippen molar-refractivity contribution in [3.8, 4) is 17.1 Å². The number of hydrogen-bond acceptors (Lipinski definition) is 9. The zero-order valence-electron chi connectivity index (χ0n) is 14.2. The van der Waals surface area contributed by atoms with Crippen LogP contribution in [-0.2, 0) is 10.0 Å². The second kappa shape index (κ2) is 7.63. The van der Waals surface area contributed by atoms with E-state index in [-0.39, 0.29) is 16.7 Å². The van der Waals surface area contributed by atoms with Gasteiger partial charge in [0.05, 0.1) is 12.0 Å². The third-order valence-electron chi connectivity index (χ3n) is 3.30. The maximum Gasteiger partial charge on any atom is 0.335 e. The van der Waals surface area contributed by atoms with Crippen LogP contribution in [0.3, 0.4) is 0 Å². The highest BCUT2D eigenvalue weighted by molar-refractivity contribution is 7.90. The Morgan fingerprint density at radius 2 is 2.00 bits per heavy atom. The van der Waals surface area contributed by atoms with Crippen molar-refractivity contribution in [1.29, 1.82) is 0 Å². The number of sulfonamides is 1. The van der Waals surface area contributed by atoms with E-state index in [2.05, 4.69) is 24.9 Å². The summed E-state index contributed by atoms with van der Waals surface area (Å²) in [7, 11) is -2.76. The first-order valence-electron chi connectivity index (χ1n) is 7.49. The van der Waals surface area contributed by atoms with Crippen LogP contribution in [-0.4, -0.2) is 41.1 Å². The number of anilines is 1. The Bertz CT molecular complexity index is 1070. The molecule has 0 saturated heterocycles. The topological polar surface area (TPSA) is 136 Å².